The van der Waals surface area contributed by atoms with Crippen LogP contribution in [0.25, 0.3) is 0 Å². The Morgan fingerprint density at radius 3 is 2.95 bits per heavy atom. The molecule has 1 amide bonds. The fraction of sp³-hybridized carbons (Fsp3) is 0.733. The number of methoxy groups -OCH3 is 1. The quantitative estimate of drug-likeness (QED) is 0.828. The van der Waals surface area contributed by atoms with E-state index >= 15 is 0 Å². The van der Waals surface area contributed by atoms with Gasteiger partial charge >= 0.3 is 0 Å². The first-order valence-electron chi connectivity index (χ1n) is 7.45. The molecule has 0 bridgehead atoms. The first-order chi connectivity index (χ1) is 9.64. The number of carbonyl (C=O) groups is 1. The molecule has 0 radical (unpaired) electrons. The molecule has 2 heterocycles. The third kappa shape index (κ3) is 2.24. The van der Waals surface area contributed by atoms with Crippen molar-refractivity contribution in [3.05, 3.63) is 18.2 Å². The third-order valence-corrected chi connectivity index (χ3v) is 4.93. The van der Waals surface area contributed by atoms with E-state index in [1.54, 1.807) is 19.6 Å². The summed E-state index contributed by atoms with van der Waals surface area (Å²) in [6.45, 7) is 1.66. The summed E-state index contributed by atoms with van der Waals surface area (Å²) in [5, 5.41) is 0. The van der Waals surface area contributed by atoms with Crippen LogP contribution >= 0.6 is 0 Å². The standard InChI is InChI=1S/C15H23N3O2/c1-17-9-12(16-11-17)14(19)18-8-4-7-15(10-18)6-3-5-13(15)20-2/h9,11,13H,3-8,10H2,1-2H3/t13-,15-/m1/s1. The Morgan fingerprint density at radius 2 is 2.25 bits per heavy atom. The van der Waals surface area contributed by atoms with E-state index in [1.807, 2.05) is 16.5 Å². The van der Waals surface area contributed by atoms with Crippen molar-refractivity contribution in [2.24, 2.45) is 12.5 Å². The summed E-state index contributed by atoms with van der Waals surface area (Å²) in [5.41, 5.74) is 0.730. The van der Waals surface area contributed by atoms with E-state index in [0.717, 1.165) is 25.9 Å². The number of aryl methyl sites for hydroxylation is 1. The van der Waals surface area contributed by atoms with Crippen LogP contribution in [0, 0.1) is 5.41 Å². The molecule has 2 atom stereocenters. The Kier molecular flexibility index (Phi) is 3.54. The molecule has 5 nitrogen and oxygen atoms in total. The number of hydrogen-bond acceptors (Lipinski definition) is 3. The van der Waals surface area contributed by atoms with Crippen LogP contribution < -0.4 is 0 Å². The highest BCUT2D eigenvalue weighted by Gasteiger charge is 2.46. The van der Waals surface area contributed by atoms with Gasteiger partial charge in [0.2, 0.25) is 0 Å². The van der Waals surface area contributed by atoms with Gasteiger partial charge in [0.15, 0.2) is 0 Å². The van der Waals surface area contributed by atoms with E-state index in [2.05, 4.69) is 4.98 Å². The molecule has 1 spiro atoms. The first kappa shape index (κ1) is 13.6. The number of rotatable bonds is 2. The summed E-state index contributed by atoms with van der Waals surface area (Å²) in [5.74, 6) is 0.0615. The van der Waals surface area contributed by atoms with Gasteiger partial charge in [0.25, 0.3) is 5.91 Å². The predicted molar refractivity (Wildman–Crippen MR) is 75.4 cm³/mol. The molecule has 3 rings (SSSR count). The van der Waals surface area contributed by atoms with Crippen molar-refractivity contribution in [1.82, 2.24) is 14.5 Å². The Morgan fingerprint density at radius 1 is 1.45 bits per heavy atom. The minimum Gasteiger partial charge on any atom is -0.381 e. The monoisotopic (exact) mass is 277 g/mol. The maximum Gasteiger partial charge on any atom is 0.274 e. The van der Waals surface area contributed by atoms with Gasteiger partial charge in [-0.3, -0.25) is 4.79 Å². The van der Waals surface area contributed by atoms with Crippen molar-refractivity contribution < 1.29 is 9.53 Å². The Hall–Kier alpha value is -1.36. The van der Waals surface area contributed by atoms with Crippen molar-refractivity contribution in [3.8, 4) is 0 Å². The van der Waals surface area contributed by atoms with E-state index in [4.69, 9.17) is 4.74 Å². The van der Waals surface area contributed by atoms with Crippen molar-refractivity contribution >= 4 is 5.91 Å². The van der Waals surface area contributed by atoms with Crippen LogP contribution in [0.2, 0.25) is 0 Å². The second-order valence-electron chi connectivity index (χ2n) is 6.23. The zero-order valence-corrected chi connectivity index (χ0v) is 12.3. The number of amides is 1. The fourth-order valence-corrected chi connectivity index (χ4v) is 3.96. The molecule has 110 valence electrons. The van der Waals surface area contributed by atoms with Gasteiger partial charge in [0.05, 0.1) is 12.4 Å². The average Bonchev–Trinajstić information content (AvgIpc) is 3.05. The van der Waals surface area contributed by atoms with Gasteiger partial charge in [0.1, 0.15) is 5.69 Å². The molecule has 1 aromatic heterocycles. The highest BCUT2D eigenvalue weighted by atomic mass is 16.5. The maximum atomic E-state index is 12.6. The maximum absolute atomic E-state index is 12.6. The fourth-order valence-electron chi connectivity index (χ4n) is 3.96. The van der Waals surface area contributed by atoms with Gasteiger partial charge in [-0.15, -0.1) is 0 Å². The van der Waals surface area contributed by atoms with E-state index in [9.17, 15) is 4.79 Å². The number of hydrogen-bond donors (Lipinski definition) is 0. The Bertz CT molecular complexity index is 499. The lowest BCUT2D eigenvalue weighted by Crippen LogP contribution is -2.49. The van der Waals surface area contributed by atoms with Crippen LogP contribution in [-0.4, -0.2) is 46.7 Å². The lowest BCUT2D eigenvalue weighted by Gasteiger charge is -2.43. The number of nitrogens with zero attached hydrogens (tertiary/aromatic N) is 3. The van der Waals surface area contributed by atoms with Gasteiger partial charge in [-0.05, 0) is 25.7 Å². The van der Waals surface area contributed by atoms with Gasteiger partial charge in [-0.2, -0.15) is 0 Å². The highest BCUT2D eigenvalue weighted by molar-refractivity contribution is 5.92. The minimum atomic E-state index is 0.0615. The number of ether oxygens (including phenoxy) is 1. The first-order valence-corrected chi connectivity index (χ1v) is 7.45. The van der Waals surface area contributed by atoms with E-state index in [1.165, 1.54) is 19.3 Å². The van der Waals surface area contributed by atoms with Crippen LogP contribution in [0.4, 0.5) is 0 Å². The molecule has 2 aliphatic rings. The molecule has 0 N–H and O–H groups in total. The van der Waals surface area contributed by atoms with Gasteiger partial charge in [-0.1, -0.05) is 6.42 Å². The summed E-state index contributed by atoms with van der Waals surface area (Å²) in [6, 6.07) is 0. The summed E-state index contributed by atoms with van der Waals surface area (Å²) in [6.07, 6.45) is 9.55. The van der Waals surface area contributed by atoms with Gasteiger partial charge in [0, 0.05) is 38.9 Å². The summed E-state index contributed by atoms with van der Waals surface area (Å²) >= 11 is 0. The molecule has 2 fully saturated rings. The summed E-state index contributed by atoms with van der Waals surface area (Å²) < 4.78 is 7.50. The van der Waals surface area contributed by atoms with Crippen molar-refractivity contribution in [1.29, 1.82) is 0 Å². The number of aromatic nitrogens is 2. The lowest BCUT2D eigenvalue weighted by molar-refractivity contribution is -0.0296. The predicted octanol–water partition coefficient (Wildman–Crippen LogP) is 1.84. The van der Waals surface area contributed by atoms with Crippen LogP contribution in [0.3, 0.4) is 0 Å². The van der Waals surface area contributed by atoms with Crippen LogP contribution in [0.15, 0.2) is 12.5 Å². The van der Waals surface area contributed by atoms with Gasteiger partial charge < -0.3 is 14.2 Å². The number of imidazole rings is 1. The van der Waals surface area contributed by atoms with E-state index < -0.39 is 0 Å². The van der Waals surface area contributed by atoms with Crippen molar-refractivity contribution in [3.63, 3.8) is 0 Å². The number of likely N-dealkylation sites (tertiary alicyclic amines) is 1. The van der Waals surface area contributed by atoms with E-state index in [0.29, 0.717) is 11.8 Å². The average molecular weight is 277 g/mol. The molecule has 1 aliphatic carbocycles. The SMILES string of the molecule is CO[C@@H]1CCC[C@]12CCCN(C(=O)c1cn(C)cn1)C2. The lowest BCUT2D eigenvalue weighted by atomic mass is 9.76. The van der Waals surface area contributed by atoms with Crippen LogP contribution in [0.1, 0.15) is 42.6 Å². The molecule has 1 saturated heterocycles. The molecular formula is C15H23N3O2. The van der Waals surface area contributed by atoms with Crippen LogP contribution in [0.5, 0.6) is 0 Å². The second kappa shape index (κ2) is 5.20. The molecule has 1 saturated carbocycles. The number of piperidine rings is 1. The highest BCUT2D eigenvalue weighted by Crippen LogP contribution is 2.46. The van der Waals surface area contributed by atoms with E-state index in [-0.39, 0.29) is 11.3 Å². The molecule has 1 aliphatic heterocycles. The van der Waals surface area contributed by atoms with Crippen molar-refractivity contribution in [2.45, 2.75) is 38.2 Å². The molecule has 0 unspecified atom stereocenters. The molecular weight excluding hydrogens is 254 g/mol. The van der Waals surface area contributed by atoms with Gasteiger partial charge in [-0.25, -0.2) is 4.98 Å². The largest absolute Gasteiger partial charge is 0.381 e. The zero-order valence-electron chi connectivity index (χ0n) is 12.3. The van der Waals surface area contributed by atoms with Crippen LogP contribution in [-0.2, 0) is 11.8 Å². The molecule has 5 heteroatoms. The summed E-state index contributed by atoms with van der Waals surface area (Å²) in [4.78, 5) is 18.7. The molecule has 0 aromatic carbocycles. The molecule has 20 heavy (non-hydrogen) atoms. The normalized spacial score (nSPS) is 30.1. The molecule has 1 aromatic rings. The Labute approximate surface area is 119 Å². The Balaban J connectivity index is 1.76. The third-order valence-electron chi connectivity index (χ3n) is 4.93. The smallest absolute Gasteiger partial charge is 0.274 e. The van der Waals surface area contributed by atoms with Crippen molar-refractivity contribution in [2.75, 3.05) is 20.2 Å². The topological polar surface area (TPSA) is 47.4 Å². The minimum absolute atomic E-state index is 0.0615. The zero-order chi connectivity index (χ0) is 14.2. The second-order valence-corrected chi connectivity index (χ2v) is 6.23. The number of carbonyl (C=O) groups excluding carboxylic acids is 1. The summed E-state index contributed by atoms with van der Waals surface area (Å²) in [7, 11) is 3.69.